The van der Waals surface area contributed by atoms with Crippen molar-refractivity contribution < 1.29 is 33.4 Å². The monoisotopic (exact) mass is 216 g/mol. The molecule has 1 fully saturated rings. The minimum absolute atomic E-state index is 0.774. The zero-order chi connectivity index (χ0) is 11.6. The van der Waals surface area contributed by atoms with Crippen LogP contribution >= 0.6 is 0 Å². The fourth-order valence-electron chi connectivity index (χ4n) is 1.04. The lowest BCUT2D eigenvalue weighted by Gasteiger charge is -2.12. The molecule has 1 heterocycles. The highest BCUT2D eigenvalue weighted by Crippen LogP contribution is 2.17. The summed E-state index contributed by atoms with van der Waals surface area (Å²) in [6.45, 7) is 2.11. The highest BCUT2D eigenvalue weighted by atomic mass is 16.7. The maximum Gasteiger partial charge on any atom is 0.359 e. The molecule has 1 aliphatic heterocycles. The van der Waals surface area contributed by atoms with Crippen LogP contribution in [-0.4, -0.2) is 36.1 Å². The number of carbonyl (C=O) groups is 4. The van der Waals surface area contributed by atoms with Crippen molar-refractivity contribution in [3.05, 3.63) is 0 Å². The average Bonchev–Trinajstić information content (AvgIpc) is 2.30. The van der Waals surface area contributed by atoms with Gasteiger partial charge in [-0.25, -0.2) is 9.59 Å². The predicted molar refractivity (Wildman–Crippen MR) is 42.2 cm³/mol. The lowest BCUT2D eigenvalue weighted by Crippen LogP contribution is -2.36. The van der Waals surface area contributed by atoms with E-state index in [4.69, 9.17) is 0 Å². The van der Waals surface area contributed by atoms with Crippen LogP contribution in [-0.2, 0) is 33.4 Å². The van der Waals surface area contributed by atoms with Crippen LogP contribution in [0.25, 0.3) is 0 Å². The molecule has 2 unspecified atom stereocenters. The number of ether oxygens (including phenoxy) is 3. The number of cyclic esters (lactones) is 2. The van der Waals surface area contributed by atoms with Crippen molar-refractivity contribution in [3.63, 3.8) is 0 Å². The van der Waals surface area contributed by atoms with E-state index in [1.165, 1.54) is 0 Å². The zero-order valence-electron chi connectivity index (χ0n) is 8.01. The molecule has 0 aromatic heterocycles. The van der Waals surface area contributed by atoms with Gasteiger partial charge >= 0.3 is 23.9 Å². The van der Waals surface area contributed by atoms with Crippen molar-refractivity contribution in [3.8, 4) is 0 Å². The predicted octanol–water partition coefficient (Wildman–Crippen LogP) is -1.07. The van der Waals surface area contributed by atoms with E-state index in [0.29, 0.717) is 0 Å². The quantitative estimate of drug-likeness (QED) is 0.329. The van der Waals surface area contributed by atoms with Crippen molar-refractivity contribution in [1.29, 1.82) is 0 Å². The molecule has 0 amide bonds. The fraction of sp³-hybridized carbons (Fsp3) is 0.500. The summed E-state index contributed by atoms with van der Waals surface area (Å²) in [7, 11) is 0. The van der Waals surface area contributed by atoms with E-state index in [1.807, 2.05) is 0 Å². The van der Waals surface area contributed by atoms with Crippen molar-refractivity contribution in [2.45, 2.75) is 26.1 Å². The van der Waals surface area contributed by atoms with Gasteiger partial charge in [0.2, 0.25) is 12.2 Å². The van der Waals surface area contributed by atoms with E-state index in [-0.39, 0.29) is 0 Å². The van der Waals surface area contributed by atoms with Crippen LogP contribution in [0.5, 0.6) is 0 Å². The van der Waals surface area contributed by atoms with Gasteiger partial charge in [-0.1, -0.05) is 0 Å². The zero-order valence-corrected chi connectivity index (χ0v) is 8.01. The first-order valence-electron chi connectivity index (χ1n) is 4.02. The van der Waals surface area contributed by atoms with Gasteiger partial charge in [-0.15, -0.1) is 0 Å². The Bertz CT molecular complexity index is 300. The molecule has 15 heavy (non-hydrogen) atoms. The van der Waals surface area contributed by atoms with Gasteiger partial charge in [0.15, 0.2) is 0 Å². The number of hydrogen-bond donors (Lipinski definition) is 0. The fourth-order valence-corrected chi connectivity index (χ4v) is 1.04. The molecule has 82 valence electrons. The summed E-state index contributed by atoms with van der Waals surface area (Å²) in [4.78, 5) is 43.2. The Morgan fingerprint density at radius 1 is 1.00 bits per heavy atom. The molecule has 7 nitrogen and oxygen atoms in total. The second kappa shape index (κ2) is 4.07. The number of hydrogen-bond acceptors (Lipinski definition) is 7. The number of carbonyl (C=O) groups excluding carboxylic acids is 4. The molecule has 0 N–H and O–H groups in total. The van der Waals surface area contributed by atoms with Gasteiger partial charge in [0, 0.05) is 13.8 Å². The Morgan fingerprint density at radius 3 is 1.60 bits per heavy atom. The van der Waals surface area contributed by atoms with E-state index in [2.05, 4.69) is 14.2 Å². The maximum absolute atomic E-state index is 11.0. The summed E-state index contributed by atoms with van der Waals surface area (Å²) in [5.74, 6) is -3.63. The highest BCUT2D eigenvalue weighted by Gasteiger charge is 2.49. The molecule has 1 saturated heterocycles. The standard InChI is InChI=1S/C8H8O7/c1-3(9)13-5-6(14-4(2)10)8(12)15-7(5)11/h5-6H,1-2H3. The van der Waals surface area contributed by atoms with Gasteiger partial charge < -0.3 is 14.2 Å². The third-order valence-electron chi connectivity index (χ3n) is 1.53. The van der Waals surface area contributed by atoms with Crippen LogP contribution in [0.2, 0.25) is 0 Å². The van der Waals surface area contributed by atoms with Crippen molar-refractivity contribution >= 4 is 23.9 Å². The van der Waals surface area contributed by atoms with Gasteiger partial charge in [-0.2, -0.15) is 0 Å². The first kappa shape index (κ1) is 11.2. The Balaban J connectivity index is 2.79. The Hall–Kier alpha value is -1.92. The number of esters is 4. The molecule has 0 aliphatic carbocycles. The molecule has 7 heteroatoms. The van der Waals surface area contributed by atoms with Gasteiger partial charge in [0.1, 0.15) is 0 Å². The lowest BCUT2D eigenvalue weighted by atomic mass is 10.2. The summed E-state index contributed by atoms with van der Waals surface area (Å²) < 4.78 is 13.1. The maximum atomic E-state index is 11.0. The van der Waals surface area contributed by atoms with Crippen LogP contribution in [0.15, 0.2) is 0 Å². The molecule has 1 aliphatic rings. The molecule has 0 bridgehead atoms. The Kier molecular flexibility index (Phi) is 3.03. The average molecular weight is 216 g/mol. The highest BCUT2D eigenvalue weighted by molar-refractivity contribution is 6.01. The van der Waals surface area contributed by atoms with Crippen LogP contribution in [0.1, 0.15) is 13.8 Å². The second-order valence-electron chi connectivity index (χ2n) is 2.80. The first-order chi connectivity index (χ1) is 6.91. The molecule has 2 atom stereocenters. The molecule has 1 rings (SSSR count). The molecule has 0 spiro atoms. The smallest absolute Gasteiger partial charge is 0.359 e. The molecular formula is C8H8O7. The third-order valence-corrected chi connectivity index (χ3v) is 1.53. The van der Waals surface area contributed by atoms with Crippen molar-refractivity contribution in [1.82, 2.24) is 0 Å². The van der Waals surface area contributed by atoms with Gasteiger partial charge in [0.25, 0.3) is 0 Å². The molecule has 0 aromatic rings. The van der Waals surface area contributed by atoms with Crippen molar-refractivity contribution in [2.75, 3.05) is 0 Å². The minimum atomic E-state index is -1.50. The third kappa shape index (κ3) is 2.52. The van der Waals surface area contributed by atoms with Crippen LogP contribution in [0.4, 0.5) is 0 Å². The topological polar surface area (TPSA) is 96.0 Å². The first-order valence-corrected chi connectivity index (χ1v) is 4.02. The molecule has 0 saturated carbocycles. The Labute approximate surface area is 84.3 Å². The van der Waals surface area contributed by atoms with Crippen molar-refractivity contribution in [2.24, 2.45) is 0 Å². The summed E-state index contributed by atoms with van der Waals surface area (Å²) in [5.41, 5.74) is 0. The molecule has 0 aromatic carbocycles. The van der Waals surface area contributed by atoms with E-state index in [0.717, 1.165) is 13.8 Å². The summed E-state index contributed by atoms with van der Waals surface area (Å²) in [6.07, 6.45) is -3.00. The minimum Gasteiger partial charge on any atom is -0.446 e. The largest absolute Gasteiger partial charge is 0.446 e. The summed E-state index contributed by atoms with van der Waals surface area (Å²) in [6, 6.07) is 0. The van der Waals surface area contributed by atoms with Gasteiger partial charge in [-0.05, 0) is 0 Å². The lowest BCUT2D eigenvalue weighted by molar-refractivity contribution is -0.167. The van der Waals surface area contributed by atoms with E-state index >= 15 is 0 Å². The van der Waals surface area contributed by atoms with Gasteiger partial charge in [0.05, 0.1) is 0 Å². The van der Waals surface area contributed by atoms with Crippen LogP contribution in [0, 0.1) is 0 Å². The number of rotatable bonds is 2. The van der Waals surface area contributed by atoms with E-state index in [9.17, 15) is 19.2 Å². The molecule has 0 radical (unpaired) electrons. The van der Waals surface area contributed by atoms with Gasteiger partial charge in [-0.3, -0.25) is 9.59 Å². The normalized spacial score (nSPS) is 24.7. The summed E-state index contributed by atoms with van der Waals surface area (Å²) in [5, 5.41) is 0. The van der Waals surface area contributed by atoms with Crippen LogP contribution < -0.4 is 0 Å². The second-order valence-corrected chi connectivity index (χ2v) is 2.80. The summed E-state index contributed by atoms with van der Waals surface area (Å²) >= 11 is 0. The molecular weight excluding hydrogens is 208 g/mol. The van der Waals surface area contributed by atoms with E-state index < -0.39 is 36.1 Å². The SMILES string of the molecule is CC(=O)OC1C(=O)OC(=O)C1OC(C)=O. The van der Waals surface area contributed by atoms with Crippen LogP contribution in [0.3, 0.4) is 0 Å². The Morgan fingerprint density at radius 2 is 1.33 bits per heavy atom. The van der Waals surface area contributed by atoms with E-state index in [1.54, 1.807) is 0 Å².